The van der Waals surface area contributed by atoms with Crippen molar-refractivity contribution in [3.63, 3.8) is 0 Å². The highest BCUT2D eigenvalue weighted by molar-refractivity contribution is 7.87. The van der Waals surface area contributed by atoms with Gasteiger partial charge in [-0.2, -0.15) is 8.42 Å². The van der Waals surface area contributed by atoms with E-state index in [1.54, 1.807) is 24.3 Å². The molecule has 2 rings (SSSR count). The van der Waals surface area contributed by atoms with Crippen LogP contribution in [0.5, 0.6) is 0 Å². The van der Waals surface area contributed by atoms with Crippen LogP contribution in [0.1, 0.15) is 11.1 Å². The molecule has 0 saturated carbocycles. The maximum atomic E-state index is 11.0. The van der Waals surface area contributed by atoms with E-state index in [-0.39, 0.29) is 0 Å². The van der Waals surface area contributed by atoms with Crippen molar-refractivity contribution in [1.82, 2.24) is 0 Å². The second-order valence-corrected chi connectivity index (χ2v) is 5.05. The summed E-state index contributed by atoms with van der Waals surface area (Å²) in [6, 6.07) is 6.56. The SMILES string of the molecule is O=S(=O)(O)C1(O)[CH]c2ccccc2C=C1O. The third kappa shape index (κ3) is 1.51. The minimum Gasteiger partial charge on any atom is -0.508 e. The summed E-state index contributed by atoms with van der Waals surface area (Å²) in [4.78, 5) is -2.76. The largest absolute Gasteiger partial charge is 0.508 e. The van der Waals surface area contributed by atoms with Gasteiger partial charge in [-0.05, 0) is 17.2 Å². The molecule has 5 nitrogen and oxygen atoms in total. The highest BCUT2D eigenvalue weighted by Gasteiger charge is 2.48. The van der Waals surface area contributed by atoms with Crippen LogP contribution >= 0.6 is 0 Å². The Balaban J connectivity index is 2.61. The molecule has 0 spiro atoms. The summed E-state index contributed by atoms with van der Waals surface area (Å²) in [5.74, 6) is -0.825. The Bertz CT molecular complexity index is 560. The predicted molar refractivity (Wildman–Crippen MR) is 56.9 cm³/mol. The Morgan fingerprint density at radius 2 is 1.69 bits per heavy atom. The molecule has 0 aliphatic heterocycles. The van der Waals surface area contributed by atoms with Crippen molar-refractivity contribution in [3.8, 4) is 0 Å². The second-order valence-electron chi connectivity index (χ2n) is 3.47. The molecule has 16 heavy (non-hydrogen) atoms. The minimum absolute atomic E-state index is 0.417. The molecule has 0 amide bonds. The van der Waals surface area contributed by atoms with Crippen LogP contribution in [0, 0.1) is 6.42 Å². The zero-order valence-electron chi connectivity index (χ0n) is 8.03. The minimum atomic E-state index is -4.84. The van der Waals surface area contributed by atoms with Gasteiger partial charge in [0.05, 0.1) is 0 Å². The first kappa shape index (κ1) is 11.1. The number of fused-ring (bicyclic) bond motifs is 1. The Kier molecular flexibility index (Phi) is 2.30. The van der Waals surface area contributed by atoms with Crippen LogP contribution in [0.3, 0.4) is 0 Å². The van der Waals surface area contributed by atoms with Gasteiger partial charge in [0.25, 0.3) is 4.93 Å². The zero-order valence-corrected chi connectivity index (χ0v) is 8.85. The van der Waals surface area contributed by atoms with Gasteiger partial charge in [0.2, 0.25) is 0 Å². The van der Waals surface area contributed by atoms with E-state index in [9.17, 15) is 18.6 Å². The van der Waals surface area contributed by atoms with Gasteiger partial charge in [0.1, 0.15) is 5.76 Å². The molecule has 0 bridgehead atoms. The third-order valence-electron chi connectivity index (χ3n) is 2.40. The molecule has 0 saturated heterocycles. The van der Waals surface area contributed by atoms with Crippen molar-refractivity contribution >= 4 is 16.2 Å². The van der Waals surface area contributed by atoms with E-state index in [1.165, 1.54) is 0 Å². The first-order valence-electron chi connectivity index (χ1n) is 4.40. The van der Waals surface area contributed by atoms with E-state index in [4.69, 9.17) is 4.55 Å². The van der Waals surface area contributed by atoms with Crippen LogP contribution in [-0.4, -0.2) is 28.1 Å². The number of hydrogen-bond donors (Lipinski definition) is 3. The molecule has 0 heterocycles. The van der Waals surface area contributed by atoms with Gasteiger partial charge in [-0.3, -0.25) is 4.55 Å². The Morgan fingerprint density at radius 1 is 1.12 bits per heavy atom. The summed E-state index contributed by atoms with van der Waals surface area (Å²) in [5.41, 5.74) is 0.980. The number of hydrogen-bond acceptors (Lipinski definition) is 4. The first-order chi connectivity index (χ1) is 7.34. The quantitative estimate of drug-likeness (QED) is 0.630. The molecule has 6 heteroatoms. The topological polar surface area (TPSA) is 94.8 Å². The molecule has 1 aliphatic carbocycles. The van der Waals surface area contributed by atoms with Gasteiger partial charge in [-0.1, -0.05) is 24.3 Å². The smallest absolute Gasteiger partial charge is 0.303 e. The molecule has 1 aliphatic rings. The molecule has 85 valence electrons. The molecule has 0 fully saturated rings. The lowest BCUT2D eigenvalue weighted by Gasteiger charge is -2.27. The molecule has 1 atom stereocenters. The summed E-state index contributed by atoms with van der Waals surface area (Å²) in [6.07, 6.45) is 2.00. The summed E-state index contributed by atoms with van der Waals surface area (Å²) < 4.78 is 30.9. The fraction of sp³-hybridized carbons (Fsp3) is 0.100. The van der Waals surface area contributed by atoms with Crippen LogP contribution in [0.4, 0.5) is 0 Å². The highest BCUT2D eigenvalue weighted by Crippen LogP contribution is 2.35. The number of benzene rings is 1. The van der Waals surface area contributed by atoms with Crippen LogP contribution in [-0.2, 0) is 10.1 Å². The van der Waals surface area contributed by atoms with Crippen LogP contribution in [0.15, 0.2) is 30.0 Å². The van der Waals surface area contributed by atoms with Crippen molar-refractivity contribution in [3.05, 3.63) is 47.6 Å². The van der Waals surface area contributed by atoms with Gasteiger partial charge in [-0.15, -0.1) is 0 Å². The van der Waals surface area contributed by atoms with Gasteiger partial charge in [0, 0.05) is 6.42 Å². The van der Waals surface area contributed by atoms with Gasteiger partial charge in [0.15, 0.2) is 0 Å². The van der Waals surface area contributed by atoms with Crippen LogP contribution in [0.25, 0.3) is 6.08 Å². The molecule has 1 radical (unpaired) electrons. The molecular formula is C10H9O5S. The van der Waals surface area contributed by atoms with Gasteiger partial charge in [-0.25, -0.2) is 0 Å². The molecule has 3 N–H and O–H groups in total. The van der Waals surface area contributed by atoms with E-state index < -0.39 is 20.8 Å². The Hall–Kier alpha value is -1.37. The van der Waals surface area contributed by atoms with E-state index in [0.29, 0.717) is 11.1 Å². The third-order valence-corrected chi connectivity index (χ3v) is 3.51. The van der Waals surface area contributed by atoms with E-state index in [0.717, 1.165) is 12.5 Å². The predicted octanol–water partition coefficient (Wildman–Crippen LogP) is 0.728. The van der Waals surface area contributed by atoms with Gasteiger partial charge < -0.3 is 10.2 Å². The standard InChI is InChI=1S/C10H9O5S/c11-9-5-7-3-1-2-4-8(7)6-10(9,12)16(13,14)15/h1-6,11-12H,(H,13,14,15). The maximum Gasteiger partial charge on any atom is 0.303 e. The van der Waals surface area contributed by atoms with Crippen molar-refractivity contribution in [2.24, 2.45) is 0 Å². The van der Waals surface area contributed by atoms with Gasteiger partial charge >= 0.3 is 10.1 Å². The molecule has 0 aromatic heterocycles. The van der Waals surface area contributed by atoms with E-state index in [2.05, 4.69) is 0 Å². The molecule has 1 unspecified atom stereocenters. The lowest BCUT2D eigenvalue weighted by molar-refractivity contribution is 0.132. The fourth-order valence-electron chi connectivity index (χ4n) is 1.52. The average molecular weight is 241 g/mol. The number of aliphatic hydroxyl groups is 2. The highest BCUT2D eigenvalue weighted by atomic mass is 32.2. The maximum absolute atomic E-state index is 11.0. The van der Waals surface area contributed by atoms with E-state index in [1.807, 2.05) is 0 Å². The molecular weight excluding hydrogens is 232 g/mol. The fourth-order valence-corrected chi connectivity index (χ4v) is 2.11. The lowest BCUT2D eigenvalue weighted by atomic mass is 9.94. The summed E-state index contributed by atoms with van der Waals surface area (Å²) in [5, 5.41) is 19.2. The zero-order chi connectivity index (χ0) is 12.0. The summed E-state index contributed by atoms with van der Waals surface area (Å²) >= 11 is 0. The Morgan fingerprint density at radius 3 is 2.25 bits per heavy atom. The van der Waals surface area contributed by atoms with Crippen LogP contribution in [0.2, 0.25) is 0 Å². The van der Waals surface area contributed by atoms with Crippen molar-refractivity contribution in [2.45, 2.75) is 4.93 Å². The van der Waals surface area contributed by atoms with Crippen molar-refractivity contribution in [2.75, 3.05) is 0 Å². The average Bonchev–Trinajstić information content (AvgIpc) is 2.18. The normalized spacial score (nSPS) is 24.8. The summed E-state index contributed by atoms with van der Waals surface area (Å²) in [7, 11) is -4.84. The molecule has 1 aromatic carbocycles. The van der Waals surface area contributed by atoms with Crippen LogP contribution < -0.4 is 0 Å². The molecule has 1 aromatic rings. The monoisotopic (exact) mass is 241 g/mol. The lowest BCUT2D eigenvalue weighted by Crippen LogP contribution is -2.42. The number of aliphatic hydroxyl groups excluding tert-OH is 1. The summed E-state index contributed by atoms with van der Waals surface area (Å²) in [6.45, 7) is 0. The second kappa shape index (κ2) is 3.31. The van der Waals surface area contributed by atoms with E-state index >= 15 is 0 Å². The Labute approximate surface area is 92.4 Å². The van der Waals surface area contributed by atoms with Crippen molar-refractivity contribution < 1.29 is 23.2 Å². The number of rotatable bonds is 1. The first-order valence-corrected chi connectivity index (χ1v) is 5.84. The van der Waals surface area contributed by atoms with Crippen molar-refractivity contribution in [1.29, 1.82) is 0 Å².